The topological polar surface area (TPSA) is 108 Å². The molecule has 1 aromatic heterocycles. The molecule has 0 spiro atoms. The molecule has 0 aliphatic heterocycles. The quantitative estimate of drug-likeness (QED) is 0.862. The van der Waals surface area contributed by atoms with Crippen LogP contribution < -0.4 is 15.8 Å². The number of carbonyl (C=O) groups is 1. The minimum absolute atomic E-state index is 0. The first kappa shape index (κ1) is 16.2. The lowest BCUT2D eigenvalue weighted by Crippen LogP contribution is -2.37. The number of hydrogen-bond donors (Lipinski definition) is 2. The Morgan fingerprint density at radius 2 is 2.18 bits per heavy atom. The number of benzene rings is 1. The minimum atomic E-state index is -0.717. The third-order valence-corrected chi connectivity index (χ3v) is 3.53. The first-order chi connectivity index (χ1) is 10.0. The number of aromatic nitrogens is 4. The summed E-state index contributed by atoms with van der Waals surface area (Å²) in [5.74, 6) is 1.05. The van der Waals surface area contributed by atoms with Gasteiger partial charge in [-0.25, -0.2) is 0 Å². The SMILES string of the molecule is COc1ccc(NC(=O)C2(N)CC2)cc1-n1nnnc1C.Cl. The van der Waals surface area contributed by atoms with Crippen LogP contribution in [-0.2, 0) is 4.79 Å². The lowest BCUT2D eigenvalue weighted by atomic mass is 10.2. The van der Waals surface area contributed by atoms with Crippen LogP contribution in [-0.4, -0.2) is 38.8 Å². The van der Waals surface area contributed by atoms with Crippen molar-refractivity contribution < 1.29 is 9.53 Å². The maximum absolute atomic E-state index is 12.0. The second-order valence-electron chi connectivity index (χ2n) is 5.13. The number of nitrogens with two attached hydrogens (primary N) is 1. The number of hydrogen-bond acceptors (Lipinski definition) is 6. The largest absolute Gasteiger partial charge is 0.494 e. The molecule has 1 aliphatic carbocycles. The zero-order valence-corrected chi connectivity index (χ0v) is 13.1. The highest BCUT2D eigenvalue weighted by molar-refractivity contribution is 6.00. The number of nitrogens with one attached hydrogen (secondary N) is 1. The molecule has 9 heteroatoms. The number of anilines is 1. The fourth-order valence-electron chi connectivity index (χ4n) is 2.00. The van der Waals surface area contributed by atoms with Crippen LogP contribution in [0.15, 0.2) is 18.2 Å². The van der Waals surface area contributed by atoms with Gasteiger partial charge in [-0.05, 0) is 48.4 Å². The standard InChI is InChI=1S/C13H16N6O2.ClH/c1-8-16-17-18-19(8)10-7-9(3-4-11(10)21-2)15-12(20)13(14)5-6-13;/h3-4,7H,5-6,14H2,1-2H3,(H,15,20);1H. The zero-order chi connectivity index (χ0) is 15.0. The van der Waals surface area contributed by atoms with Crippen molar-refractivity contribution in [3.8, 4) is 11.4 Å². The number of carbonyl (C=O) groups excluding carboxylic acids is 1. The van der Waals surface area contributed by atoms with E-state index < -0.39 is 5.54 Å². The molecule has 118 valence electrons. The molecule has 1 fully saturated rings. The van der Waals surface area contributed by atoms with Gasteiger partial charge in [0.15, 0.2) is 5.82 Å². The summed E-state index contributed by atoms with van der Waals surface area (Å²) in [4.78, 5) is 12.0. The Bertz CT molecular complexity index is 698. The van der Waals surface area contributed by atoms with E-state index in [1.54, 1.807) is 36.9 Å². The van der Waals surface area contributed by atoms with Crippen molar-refractivity contribution in [1.29, 1.82) is 0 Å². The zero-order valence-electron chi connectivity index (χ0n) is 12.2. The second-order valence-corrected chi connectivity index (χ2v) is 5.13. The number of halogens is 1. The summed E-state index contributed by atoms with van der Waals surface area (Å²) >= 11 is 0. The Labute approximate surface area is 133 Å². The monoisotopic (exact) mass is 324 g/mol. The number of nitrogens with zero attached hydrogens (tertiary/aromatic N) is 4. The Kier molecular flexibility index (Phi) is 4.34. The van der Waals surface area contributed by atoms with E-state index >= 15 is 0 Å². The number of methoxy groups -OCH3 is 1. The first-order valence-corrected chi connectivity index (χ1v) is 6.57. The van der Waals surface area contributed by atoms with Gasteiger partial charge in [-0.15, -0.1) is 17.5 Å². The van der Waals surface area contributed by atoms with Gasteiger partial charge in [-0.2, -0.15) is 4.68 Å². The van der Waals surface area contributed by atoms with Gasteiger partial charge < -0.3 is 15.8 Å². The molecule has 3 rings (SSSR count). The van der Waals surface area contributed by atoms with Crippen molar-refractivity contribution >= 4 is 24.0 Å². The number of aryl methyl sites for hydroxylation is 1. The van der Waals surface area contributed by atoms with Crippen LogP contribution in [0.3, 0.4) is 0 Å². The van der Waals surface area contributed by atoms with Crippen LogP contribution in [0.2, 0.25) is 0 Å². The van der Waals surface area contributed by atoms with E-state index in [1.807, 2.05) is 0 Å². The van der Waals surface area contributed by atoms with Gasteiger partial charge in [0, 0.05) is 5.69 Å². The Morgan fingerprint density at radius 1 is 1.45 bits per heavy atom. The Morgan fingerprint density at radius 3 is 2.73 bits per heavy atom. The summed E-state index contributed by atoms with van der Waals surface area (Å²) in [7, 11) is 1.57. The fraction of sp³-hybridized carbons (Fsp3) is 0.385. The number of rotatable bonds is 4. The molecule has 2 aromatic rings. The molecule has 1 amide bonds. The summed E-state index contributed by atoms with van der Waals surface area (Å²) in [5.41, 5.74) is 6.44. The molecule has 1 heterocycles. The highest BCUT2D eigenvalue weighted by atomic mass is 35.5. The van der Waals surface area contributed by atoms with Gasteiger partial charge in [0.25, 0.3) is 0 Å². The molecule has 1 saturated carbocycles. The summed E-state index contributed by atoms with van der Waals surface area (Å²) in [6.45, 7) is 1.78. The van der Waals surface area contributed by atoms with E-state index in [2.05, 4.69) is 20.8 Å². The highest BCUT2D eigenvalue weighted by Gasteiger charge is 2.45. The lowest BCUT2D eigenvalue weighted by molar-refractivity contribution is -0.118. The lowest BCUT2D eigenvalue weighted by Gasteiger charge is -2.13. The predicted octanol–water partition coefficient (Wildman–Crippen LogP) is 0.831. The van der Waals surface area contributed by atoms with Gasteiger partial charge in [-0.1, -0.05) is 0 Å². The average Bonchev–Trinajstić information content (AvgIpc) is 3.08. The third kappa shape index (κ3) is 2.88. The number of ether oxygens (including phenoxy) is 1. The fourth-order valence-corrected chi connectivity index (χ4v) is 2.00. The van der Waals surface area contributed by atoms with Crippen molar-refractivity contribution in [3.63, 3.8) is 0 Å². The molecule has 0 radical (unpaired) electrons. The molecule has 1 aliphatic rings. The van der Waals surface area contributed by atoms with E-state index in [0.29, 0.717) is 35.8 Å². The van der Waals surface area contributed by atoms with Gasteiger partial charge in [0.2, 0.25) is 5.91 Å². The molecule has 0 bridgehead atoms. The van der Waals surface area contributed by atoms with Gasteiger partial charge >= 0.3 is 0 Å². The maximum Gasteiger partial charge on any atom is 0.244 e. The average molecular weight is 325 g/mol. The van der Waals surface area contributed by atoms with Crippen molar-refractivity contribution in [2.24, 2.45) is 5.73 Å². The molecule has 0 atom stereocenters. The minimum Gasteiger partial charge on any atom is -0.494 e. The van der Waals surface area contributed by atoms with E-state index in [0.717, 1.165) is 0 Å². The number of amides is 1. The normalized spacial score (nSPS) is 14.9. The summed E-state index contributed by atoms with van der Waals surface area (Å²) in [5, 5.41) is 14.2. The van der Waals surface area contributed by atoms with Crippen LogP contribution in [0.1, 0.15) is 18.7 Å². The van der Waals surface area contributed by atoms with Crippen molar-refractivity contribution in [2.75, 3.05) is 12.4 Å². The molecule has 0 saturated heterocycles. The van der Waals surface area contributed by atoms with Crippen molar-refractivity contribution in [3.05, 3.63) is 24.0 Å². The third-order valence-electron chi connectivity index (χ3n) is 3.53. The number of tetrazole rings is 1. The summed E-state index contributed by atoms with van der Waals surface area (Å²) < 4.78 is 6.86. The Balaban J connectivity index is 0.00000176. The van der Waals surface area contributed by atoms with Crippen molar-refractivity contribution in [1.82, 2.24) is 20.2 Å². The Hall–Kier alpha value is -2.19. The molecule has 0 unspecified atom stereocenters. The first-order valence-electron chi connectivity index (χ1n) is 6.57. The van der Waals surface area contributed by atoms with Gasteiger partial charge in [0.05, 0.1) is 12.6 Å². The summed E-state index contributed by atoms with van der Waals surface area (Å²) in [6, 6.07) is 5.26. The predicted molar refractivity (Wildman–Crippen MR) is 82.5 cm³/mol. The molecule has 22 heavy (non-hydrogen) atoms. The molecular weight excluding hydrogens is 308 g/mol. The van der Waals surface area contributed by atoms with E-state index in [1.165, 1.54) is 0 Å². The molecule has 1 aromatic carbocycles. The van der Waals surface area contributed by atoms with Crippen LogP contribution >= 0.6 is 12.4 Å². The van der Waals surface area contributed by atoms with Crippen molar-refractivity contribution in [2.45, 2.75) is 25.3 Å². The van der Waals surface area contributed by atoms with E-state index in [-0.39, 0.29) is 18.3 Å². The van der Waals surface area contributed by atoms with Gasteiger partial charge in [0.1, 0.15) is 11.4 Å². The van der Waals surface area contributed by atoms with Crippen LogP contribution in [0.5, 0.6) is 5.75 Å². The van der Waals surface area contributed by atoms with E-state index in [4.69, 9.17) is 10.5 Å². The second kappa shape index (κ2) is 5.90. The van der Waals surface area contributed by atoms with Crippen LogP contribution in [0.4, 0.5) is 5.69 Å². The molecule has 3 N–H and O–H groups in total. The van der Waals surface area contributed by atoms with Crippen LogP contribution in [0.25, 0.3) is 5.69 Å². The highest BCUT2D eigenvalue weighted by Crippen LogP contribution is 2.34. The summed E-state index contributed by atoms with van der Waals surface area (Å²) in [6.07, 6.45) is 1.43. The maximum atomic E-state index is 12.0. The molecular formula is C13H17ClN6O2. The van der Waals surface area contributed by atoms with E-state index in [9.17, 15) is 4.79 Å². The molecule has 8 nitrogen and oxygen atoms in total. The van der Waals surface area contributed by atoms with Crippen LogP contribution in [0, 0.1) is 6.92 Å². The smallest absolute Gasteiger partial charge is 0.244 e. The van der Waals surface area contributed by atoms with Gasteiger partial charge in [-0.3, -0.25) is 4.79 Å².